The predicted octanol–water partition coefficient (Wildman–Crippen LogP) is 0.692. The summed E-state index contributed by atoms with van der Waals surface area (Å²) in [4.78, 5) is 24.9. The van der Waals surface area contributed by atoms with Crippen LogP contribution in [0.5, 0.6) is 0 Å². The van der Waals surface area contributed by atoms with E-state index in [1.54, 1.807) is 0 Å². The molecule has 0 spiro atoms. The molecule has 1 heterocycles. The molecule has 1 aliphatic heterocycles. The molecule has 0 aromatic carbocycles. The highest BCUT2D eigenvalue weighted by atomic mass is 16.2. The second-order valence-electron chi connectivity index (χ2n) is 5.07. The van der Waals surface area contributed by atoms with Gasteiger partial charge in [-0.25, -0.2) is 4.79 Å². The van der Waals surface area contributed by atoms with Crippen molar-refractivity contribution in [3.8, 4) is 0 Å². The molecule has 2 aliphatic rings. The number of amides is 3. The van der Waals surface area contributed by atoms with Crippen LogP contribution in [0.3, 0.4) is 0 Å². The standard InChI is InChI=1S/C12H21N3O2/c1-2-8-3-4-9(6-13)10(5-8)15-11(16)7-14-12(15)17/h8-10H,2-7,13H2,1H3,(H,14,17). The second kappa shape index (κ2) is 5.04. The number of carbonyl (C=O) groups excluding carboxylic acids is 2. The van der Waals surface area contributed by atoms with Crippen LogP contribution in [0.4, 0.5) is 4.79 Å². The Hall–Kier alpha value is -1.10. The molecule has 2 fully saturated rings. The van der Waals surface area contributed by atoms with Crippen molar-refractivity contribution in [1.82, 2.24) is 10.2 Å². The molecule has 3 amide bonds. The first-order valence-corrected chi connectivity index (χ1v) is 6.47. The van der Waals surface area contributed by atoms with Crippen LogP contribution >= 0.6 is 0 Å². The summed E-state index contributed by atoms with van der Waals surface area (Å²) < 4.78 is 0. The Labute approximate surface area is 102 Å². The maximum Gasteiger partial charge on any atom is 0.324 e. The third kappa shape index (κ3) is 2.29. The van der Waals surface area contributed by atoms with Crippen molar-refractivity contribution in [2.24, 2.45) is 17.6 Å². The van der Waals surface area contributed by atoms with Crippen molar-refractivity contribution in [3.63, 3.8) is 0 Å². The number of carbonyl (C=O) groups is 2. The molecule has 0 aromatic heterocycles. The van der Waals surface area contributed by atoms with Gasteiger partial charge >= 0.3 is 6.03 Å². The minimum atomic E-state index is -0.241. The van der Waals surface area contributed by atoms with Crippen molar-refractivity contribution < 1.29 is 9.59 Å². The molecule has 2 rings (SSSR count). The van der Waals surface area contributed by atoms with Gasteiger partial charge in [-0.3, -0.25) is 9.69 Å². The second-order valence-corrected chi connectivity index (χ2v) is 5.07. The number of nitrogens with two attached hydrogens (primary N) is 1. The molecule has 3 unspecified atom stereocenters. The van der Waals surface area contributed by atoms with E-state index in [2.05, 4.69) is 12.2 Å². The first-order chi connectivity index (χ1) is 8.17. The fourth-order valence-electron chi connectivity index (χ4n) is 3.03. The Bertz CT molecular complexity index is 303. The molecule has 0 aromatic rings. The smallest absolute Gasteiger partial charge is 0.324 e. The zero-order chi connectivity index (χ0) is 12.4. The zero-order valence-electron chi connectivity index (χ0n) is 10.3. The molecule has 0 radical (unpaired) electrons. The molecule has 5 nitrogen and oxygen atoms in total. The van der Waals surface area contributed by atoms with Crippen LogP contribution in [0.15, 0.2) is 0 Å². The van der Waals surface area contributed by atoms with Gasteiger partial charge in [-0.05, 0) is 37.6 Å². The zero-order valence-corrected chi connectivity index (χ0v) is 10.3. The number of hydrogen-bond donors (Lipinski definition) is 2. The van der Waals surface area contributed by atoms with Crippen LogP contribution in [-0.4, -0.2) is 36.0 Å². The van der Waals surface area contributed by atoms with E-state index in [4.69, 9.17) is 5.73 Å². The lowest BCUT2D eigenvalue weighted by atomic mass is 9.76. The average molecular weight is 239 g/mol. The van der Waals surface area contributed by atoms with Gasteiger partial charge < -0.3 is 11.1 Å². The normalized spacial score (nSPS) is 34.0. The summed E-state index contributed by atoms with van der Waals surface area (Å²) in [5.41, 5.74) is 5.77. The molecule has 1 saturated heterocycles. The lowest BCUT2D eigenvalue weighted by Crippen LogP contribution is -2.49. The highest BCUT2D eigenvalue weighted by Crippen LogP contribution is 2.34. The Morgan fingerprint density at radius 3 is 2.71 bits per heavy atom. The highest BCUT2D eigenvalue weighted by molar-refractivity contribution is 6.02. The number of nitrogens with one attached hydrogen (secondary N) is 1. The maximum atomic E-state index is 11.7. The van der Waals surface area contributed by atoms with Gasteiger partial charge in [0, 0.05) is 6.04 Å². The lowest BCUT2D eigenvalue weighted by molar-refractivity contribution is -0.128. The first kappa shape index (κ1) is 12.4. The number of urea groups is 1. The average Bonchev–Trinajstić information content (AvgIpc) is 2.68. The summed E-state index contributed by atoms with van der Waals surface area (Å²) in [5.74, 6) is 0.782. The van der Waals surface area contributed by atoms with E-state index in [1.807, 2.05) is 0 Å². The third-order valence-electron chi connectivity index (χ3n) is 4.15. The molecule has 0 bridgehead atoms. The van der Waals surface area contributed by atoms with Crippen LogP contribution in [-0.2, 0) is 4.79 Å². The van der Waals surface area contributed by atoms with Crippen LogP contribution in [0.1, 0.15) is 32.6 Å². The predicted molar refractivity (Wildman–Crippen MR) is 64.2 cm³/mol. The third-order valence-corrected chi connectivity index (χ3v) is 4.15. The fourth-order valence-corrected chi connectivity index (χ4v) is 3.03. The van der Waals surface area contributed by atoms with Crippen molar-refractivity contribution in [2.45, 2.75) is 38.6 Å². The van der Waals surface area contributed by atoms with Gasteiger partial charge in [-0.15, -0.1) is 0 Å². The first-order valence-electron chi connectivity index (χ1n) is 6.47. The molecule has 96 valence electrons. The van der Waals surface area contributed by atoms with E-state index < -0.39 is 0 Å². The van der Waals surface area contributed by atoms with Crippen molar-refractivity contribution in [1.29, 1.82) is 0 Å². The van der Waals surface area contributed by atoms with Gasteiger partial charge in [-0.2, -0.15) is 0 Å². The van der Waals surface area contributed by atoms with Crippen molar-refractivity contribution in [3.05, 3.63) is 0 Å². The number of nitrogens with zero attached hydrogens (tertiary/aromatic N) is 1. The number of rotatable bonds is 3. The molecule has 5 heteroatoms. The van der Waals surface area contributed by atoms with Crippen LogP contribution < -0.4 is 11.1 Å². The topological polar surface area (TPSA) is 75.4 Å². The van der Waals surface area contributed by atoms with E-state index >= 15 is 0 Å². The van der Waals surface area contributed by atoms with E-state index in [1.165, 1.54) is 11.3 Å². The summed E-state index contributed by atoms with van der Waals surface area (Å²) in [5, 5.41) is 2.59. The Morgan fingerprint density at radius 1 is 1.41 bits per heavy atom. The lowest BCUT2D eigenvalue weighted by Gasteiger charge is -2.39. The van der Waals surface area contributed by atoms with E-state index in [0.29, 0.717) is 12.5 Å². The summed E-state index contributed by atoms with van der Waals surface area (Å²) in [6, 6.07) is -0.232. The molecule has 3 atom stereocenters. The van der Waals surface area contributed by atoms with Gasteiger partial charge in [0.25, 0.3) is 0 Å². The minimum absolute atomic E-state index is 0.00806. The molecular weight excluding hydrogens is 218 g/mol. The monoisotopic (exact) mass is 239 g/mol. The minimum Gasteiger partial charge on any atom is -0.330 e. The summed E-state index contributed by atoms with van der Waals surface area (Å²) >= 11 is 0. The van der Waals surface area contributed by atoms with Gasteiger partial charge in [0.15, 0.2) is 0 Å². The van der Waals surface area contributed by atoms with Gasteiger partial charge in [0.1, 0.15) is 0 Å². The molecule has 17 heavy (non-hydrogen) atoms. The summed E-state index contributed by atoms with van der Waals surface area (Å²) in [7, 11) is 0. The van der Waals surface area contributed by atoms with Crippen molar-refractivity contribution >= 4 is 11.9 Å². The number of hydrogen-bond acceptors (Lipinski definition) is 3. The van der Waals surface area contributed by atoms with Crippen molar-refractivity contribution in [2.75, 3.05) is 13.1 Å². The molecular formula is C12H21N3O2. The summed E-state index contributed by atoms with van der Waals surface area (Å²) in [6.45, 7) is 2.86. The van der Waals surface area contributed by atoms with Gasteiger partial charge in [0.2, 0.25) is 5.91 Å². The quantitative estimate of drug-likeness (QED) is 0.712. The Kier molecular flexibility index (Phi) is 3.66. The van der Waals surface area contributed by atoms with Crippen LogP contribution in [0.2, 0.25) is 0 Å². The Balaban J connectivity index is 2.14. The Morgan fingerprint density at radius 2 is 2.18 bits per heavy atom. The molecule has 1 saturated carbocycles. The molecule has 3 N–H and O–H groups in total. The fraction of sp³-hybridized carbons (Fsp3) is 0.833. The number of imide groups is 1. The van der Waals surface area contributed by atoms with E-state index in [-0.39, 0.29) is 30.4 Å². The largest absolute Gasteiger partial charge is 0.330 e. The SMILES string of the molecule is CCC1CCC(CN)C(N2C(=O)CNC2=O)C1. The highest BCUT2D eigenvalue weighted by Gasteiger charge is 2.41. The van der Waals surface area contributed by atoms with E-state index in [0.717, 1.165) is 19.3 Å². The summed E-state index contributed by atoms with van der Waals surface area (Å²) in [6.07, 6.45) is 4.21. The molecule has 1 aliphatic carbocycles. The maximum absolute atomic E-state index is 11.7. The van der Waals surface area contributed by atoms with E-state index in [9.17, 15) is 9.59 Å². The van der Waals surface area contributed by atoms with Gasteiger partial charge in [-0.1, -0.05) is 13.3 Å². The van der Waals surface area contributed by atoms with Crippen LogP contribution in [0, 0.1) is 11.8 Å². The van der Waals surface area contributed by atoms with Crippen LogP contribution in [0.25, 0.3) is 0 Å². The van der Waals surface area contributed by atoms with Gasteiger partial charge in [0.05, 0.1) is 6.54 Å².